The summed E-state index contributed by atoms with van der Waals surface area (Å²) >= 11 is 0. The normalized spacial score (nSPS) is 24.9. The summed E-state index contributed by atoms with van der Waals surface area (Å²) in [5, 5.41) is 24.7. The summed E-state index contributed by atoms with van der Waals surface area (Å²) in [5.74, 6) is -0.0602. The monoisotopic (exact) mass is 244 g/mol. The SMILES string of the molecule is CCC(CO)(CO)NC(=O)C1(CC)CCNC1. The Morgan fingerprint density at radius 1 is 1.41 bits per heavy atom. The van der Waals surface area contributed by atoms with Crippen LogP contribution in [0.4, 0.5) is 0 Å². The smallest absolute Gasteiger partial charge is 0.228 e. The van der Waals surface area contributed by atoms with Gasteiger partial charge in [-0.2, -0.15) is 0 Å². The lowest BCUT2D eigenvalue weighted by atomic mass is 9.82. The van der Waals surface area contributed by atoms with Gasteiger partial charge in [0.15, 0.2) is 0 Å². The maximum Gasteiger partial charge on any atom is 0.228 e. The Kier molecular flexibility index (Phi) is 4.91. The lowest BCUT2D eigenvalue weighted by Crippen LogP contribution is -2.58. The molecule has 0 saturated carbocycles. The maximum absolute atomic E-state index is 12.3. The van der Waals surface area contributed by atoms with Crippen LogP contribution in [0.25, 0.3) is 0 Å². The first-order chi connectivity index (χ1) is 8.08. The highest BCUT2D eigenvalue weighted by molar-refractivity contribution is 5.84. The summed E-state index contributed by atoms with van der Waals surface area (Å²) in [4.78, 5) is 12.3. The van der Waals surface area contributed by atoms with Gasteiger partial charge in [-0.3, -0.25) is 4.79 Å². The summed E-state index contributed by atoms with van der Waals surface area (Å²) < 4.78 is 0. The molecule has 1 atom stereocenters. The maximum atomic E-state index is 12.3. The Labute approximate surface area is 103 Å². The summed E-state index contributed by atoms with van der Waals surface area (Å²) in [6.45, 7) is 4.89. The van der Waals surface area contributed by atoms with Crippen molar-refractivity contribution < 1.29 is 15.0 Å². The van der Waals surface area contributed by atoms with Crippen molar-refractivity contribution in [1.82, 2.24) is 10.6 Å². The highest BCUT2D eigenvalue weighted by atomic mass is 16.3. The van der Waals surface area contributed by atoms with Crippen LogP contribution in [0.3, 0.4) is 0 Å². The minimum atomic E-state index is -0.887. The quantitative estimate of drug-likeness (QED) is 0.514. The molecule has 5 heteroatoms. The molecule has 5 nitrogen and oxygen atoms in total. The van der Waals surface area contributed by atoms with Gasteiger partial charge >= 0.3 is 0 Å². The predicted octanol–water partition coefficient (Wildman–Crippen LogP) is -0.374. The molecule has 1 saturated heterocycles. The zero-order valence-electron chi connectivity index (χ0n) is 10.8. The molecule has 1 rings (SSSR count). The fraction of sp³-hybridized carbons (Fsp3) is 0.917. The van der Waals surface area contributed by atoms with E-state index in [0.717, 1.165) is 19.4 Å². The number of rotatable bonds is 6. The predicted molar refractivity (Wildman–Crippen MR) is 65.5 cm³/mol. The number of carbonyl (C=O) groups excluding carboxylic acids is 1. The number of aliphatic hydroxyl groups is 2. The fourth-order valence-electron chi connectivity index (χ4n) is 2.21. The third-order valence-corrected chi connectivity index (χ3v) is 4.06. The number of nitrogens with one attached hydrogen (secondary N) is 2. The molecule has 1 heterocycles. The van der Waals surface area contributed by atoms with E-state index in [1.165, 1.54) is 0 Å². The van der Waals surface area contributed by atoms with Crippen molar-refractivity contribution in [3.8, 4) is 0 Å². The average molecular weight is 244 g/mol. The van der Waals surface area contributed by atoms with E-state index >= 15 is 0 Å². The molecular formula is C12H24N2O3. The van der Waals surface area contributed by atoms with Gasteiger partial charge in [-0.05, 0) is 25.8 Å². The molecule has 0 aromatic heterocycles. The minimum Gasteiger partial charge on any atom is -0.394 e. The molecule has 0 aliphatic carbocycles. The van der Waals surface area contributed by atoms with E-state index in [9.17, 15) is 15.0 Å². The Balaban J connectivity index is 2.75. The van der Waals surface area contributed by atoms with E-state index in [-0.39, 0.29) is 24.5 Å². The van der Waals surface area contributed by atoms with Gasteiger partial charge < -0.3 is 20.8 Å². The van der Waals surface area contributed by atoms with Crippen LogP contribution < -0.4 is 10.6 Å². The molecule has 0 spiro atoms. The second kappa shape index (κ2) is 5.80. The van der Waals surface area contributed by atoms with Gasteiger partial charge in [-0.25, -0.2) is 0 Å². The second-order valence-electron chi connectivity index (χ2n) is 4.96. The first-order valence-electron chi connectivity index (χ1n) is 6.33. The lowest BCUT2D eigenvalue weighted by molar-refractivity contribution is -0.133. The average Bonchev–Trinajstić information content (AvgIpc) is 2.86. The summed E-state index contributed by atoms with van der Waals surface area (Å²) in [5.41, 5.74) is -1.27. The highest BCUT2D eigenvalue weighted by Gasteiger charge is 2.42. The molecule has 1 unspecified atom stereocenters. The van der Waals surface area contributed by atoms with Gasteiger partial charge in [0, 0.05) is 6.54 Å². The van der Waals surface area contributed by atoms with Crippen molar-refractivity contribution in [3.05, 3.63) is 0 Å². The van der Waals surface area contributed by atoms with Gasteiger partial charge in [0.25, 0.3) is 0 Å². The molecule has 4 N–H and O–H groups in total. The van der Waals surface area contributed by atoms with Gasteiger partial charge in [0.1, 0.15) is 0 Å². The van der Waals surface area contributed by atoms with E-state index < -0.39 is 5.54 Å². The van der Waals surface area contributed by atoms with Crippen LogP contribution in [-0.2, 0) is 4.79 Å². The number of hydrogen-bond donors (Lipinski definition) is 4. The van der Waals surface area contributed by atoms with E-state index in [1.807, 2.05) is 13.8 Å². The summed E-state index contributed by atoms with van der Waals surface area (Å²) in [7, 11) is 0. The zero-order chi connectivity index (χ0) is 12.9. The topological polar surface area (TPSA) is 81.6 Å². The lowest BCUT2D eigenvalue weighted by Gasteiger charge is -2.35. The van der Waals surface area contributed by atoms with Crippen LogP contribution in [0.1, 0.15) is 33.1 Å². The molecule has 100 valence electrons. The number of amides is 1. The molecule has 17 heavy (non-hydrogen) atoms. The first-order valence-corrected chi connectivity index (χ1v) is 6.33. The van der Waals surface area contributed by atoms with Crippen molar-refractivity contribution >= 4 is 5.91 Å². The molecule has 0 radical (unpaired) electrons. The van der Waals surface area contributed by atoms with Crippen LogP contribution in [-0.4, -0.2) is 48.0 Å². The Morgan fingerprint density at radius 3 is 2.41 bits per heavy atom. The second-order valence-corrected chi connectivity index (χ2v) is 4.96. The van der Waals surface area contributed by atoms with Crippen molar-refractivity contribution in [2.24, 2.45) is 5.41 Å². The molecule has 1 fully saturated rings. The van der Waals surface area contributed by atoms with Gasteiger partial charge in [0.05, 0.1) is 24.2 Å². The van der Waals surface area contributed by atoms with Crippen LogP contribution in [0.2, 0.25) is 0 Å². The molecule has 0 aromatic rings. The van der Waals surface area contributed by atoms with Crippen LogP contribution in [0, 0.1) is 5.41 Å². The molecule has 1 aliphatic heterocycles. The Bertz CT molecular complexity index is 250. The van der Waals surface area contributed by atoms with Crippen LogP contribution >= 0.6 is 0 Å². The summed E-state index contributed by atoms with van der Waals surface area (Å²) in [6, 6.07) is 0. The van der Waals surface area contributed by atoms with E-state index in [1.54, 1.807) is 0 Å². The molecule has 0 bridgehead atoms. The van der Waals surface area contributed by atoms with E-state index in [2.05, 4.69) is 10.6 Å². The van der Waals surface area contributed by atoms with Gasteiger partial charge in [-0.1, -0.05) is 13.8 Å². The van der Waals surface area contributed by atoms with Gasteiger partial charge in [0.2, 0.25) is 5.91 Å². The zero-order valence-corrected chi connectivity index (χ0v) is 10.8. The molecule has 0 aromatic carbocycles. The van der Waals surface area contributed by atoms with E-state index in [0.29, 0.717) is 13.0 Å². The summed E-state index contributed by atoms with van der Waals surface area (Å²) in [6.07, 6.45) is 2.09. The van der Waals surface area contributed by atoms with Crippen LogP contribution in [0.15, 0.2) is 0 Å². The van der Waals surface area contributed by atoms with Crippen molar-refractivity contribution in [2.75, 3.05) is 26.3 Å². The number of carbonyl (C=O) groups is 1. The number of hydrogen-bond acceptors (Lipinski definition) is 4. The van der Waals surface area contributed by atoms with Gasteiger partial charge in [-0.15, -0.1) is 0 Å². The largest absolute Gasteiger partial charge is 0.394 e. The highest BCUT2D eigenvalue weighted by Crippen LogP contribution is 2.30. The fourth-order valence-corrected chi connectivity index (χ4v) is 2.21. The molecule has 1 amide bonds. The molecule has 1 aliphatic rings. The number of aliphatic hydroxyl groups excluding tert-OH is 2. The van der Waals surface area contributed by atoms with Crippen molar-refractivity contribution in [1.29, 1.82) is 0 Å². The standard InChI is InChI=1S/C12H24N2O3/c1-3-11(5-6-13-7-11)10(17)14-12(4-2,8-15)9-16/h13,15-16H,3-9H2,1-2H3,(H,14,17). The van der Waals surface area contributed by atoms with Crippen molar-refractivity contribution in [3.63, 3.8) is 0 Å². The third-order valence-electron chi connectivity index (χ3n) is 4.06. The van der Waals surface area contributed by atoms with E-state index in [4.69, 9.17) is 0 Å². The molecular weight excluding hydrogens is 220 g/mol. The first kappa shape index (κ1) is 14.4. The minimum absolute atomic E-state index is 0.0602. The Hall–Kier alpha value is -0.650. The van der Waals surface area contributed by atoms with Crippen molar-refractivity contribution in [2.45, 2.75) is 38.6 Å². The Morgan fingerprint density at radius 2 is 2.06 bits per heavy atom. The third kappa shape index (κ3) is 2.78. The van der Waals surface area contributed by atoms with Crippen LogP contribution in [0.5, 0.6) is 0 Å².